The van der Waals surface area contributed by atoms with Crippen molar-refractivity contribution in [2.75, 3.05) is 25.0 Å². The third kappa shape index (κ3) is 5.90. The first-order chi connectivity index (χ1) is 13.2. The third-order valence-corrected chi connectivity index (χ3v) is 5.08. The monoisotopic (exact) mass is 411 g/mol. The molecule has 0 aliphatic carbocycles. The van der Waals surface area contributed by atoms with Crippen LogP contribution in [0.25, 0.3) is 0 Å². The molecular weight excluding hydrogens is 388 g/mol. The van der Waals surface area contributed by atoms with Crippen LogP contribution in [-0.2, 0) is 11.3 Å². The Hall–Kier alpha value is -2.20. The summed E-state index contributed by atoms with van der Waals surface area (Å²) in [6.45, 7) is 5.71. The Labute approximate surface area is 166 Å². The first-order valence-electron chi connectivity index (χ1n) is 8.96. The molecule has 3 heterocycles. The molecule has 0 aromatic carbocycles. The summed E-state index contributed by atoms with van der Waals surface area (Å²) >= 11 is 1.29. The maximum absolute atomic E-state index is 14.2. The molecule has 0 radical (unpaired) electrons. The predicted octanol–water partition coefficient (Wildman–Crippen LogP) is 3.04. The smallest absolute Gasteiger partial charge is 0.261 e. The number of halogens is 2. The number of piperidine rings is 1. The van der Waals surface area contributed by atoms with Gasteiger partial charge in [-0.1, -0.05) is 0 Å². The van der Waals surface area contributed by atoms with Gasteiger partial charge in [0, 0.05) is 55.2 Å². The molecule has 28 heavy (non-hydrogen) atoms. The van der Waals surface area contributed by atoms with Gasteiger partial charge in [-0.3, -0.25) is 9.69 Å². The molecule has 1 fully saturated rings. The number of aromatic nitrogens is 3. The fraction of sp³-hybridized carbons (Fsp3) is 0.556. The highest BCUT2D eigenvalue weighted by Crippen LogP contribution is 2.32. The molecule has 1 aliphatic rings. The maximum atomic E-state index is 14.2. The molecule has 10 heteroatoms. The third-order valence-electron chi connectivity index (χ3n) is 4.18. The molecule has 1 aliphatic heterocycles. The normalized spacial score (nSPS) is 19.4. The van der Waals surface area contributed by atoms with Gasteiger partial charge in [0.05, 0.1) is 13.2 Å². The van der Waals surface area contributed by atoms with Gasteiger partial charge in [0.2, 0.25) is 11.8 Å². The van der Waals surface area contributed by atoms with Gasteiger partial charge in [0.15, 0.2) is 5.13 Å². The van der Waals surface area contributed by atoms with E-state index in [9.17, 15) is 13.6 Å². The quantitative estimate of drug-likeness (QED) is 0.787. The lowest BCUT2D eigenvalue weighted by Crippen LogP contribution is -2.47. The molecule has 1 atom stereocenters. The zero-order chi connectivity index (χ0) is 20.3. The molecule has 2 aromatic rings. The van der Waals surface area contributed by atoms with E-state index in [4.69, 9.17) is 4.74 Å². The molecule has 0 spiro atoms. The highest BCUT2D eigenvalue weighted by molar-refractivity contribution is 7.15. The number of amides is 1. The lowest BCUT2D eigenvalue weighted by Gasteiger charge is -2.37. The van der Waals surface area contributed by atoms with E-state index in [0.29, 0.717) is 29.9 Å². The topological polar surface area (TPSA) is 80.2 Å². The van der Waals surface area contributed by atoms with Crippen LogP contribution in [0, 0.1) is 19.8 Å². The van der Waals surface area contributed by atoms with E-state index in [1.165, 1.54) is 18.3 Å². The Kier molecular flexibility index (Phi) is 6.19. The number of anilines is 1. The Balaban J connectivity index is 1.60. The Morgan fingerprint density at radius 1 is 1.43 bits per heavy atom. The number of aryl methyl sites for hydroxylation is 2. The minimum Gasteiger partial charge on any atom is -0.477 e. The van der Waals surface area contributed by atoms with E-state index in [1.807, 2.05) is 6.92 Å². The van der Waals surface area contributed by atoms with Crippen molar-refractivity contribution in [2.45, 2.75) is 39.7 Å². The Bertz CT molecular complexity index is 825. The number of likely N-dealkylation sites (tertiary alicyclic amines) is 1. The number of ether oxygens (including phenoxy) is 1. The molecule has 152 valence electrons. The molecule has 1 saturated heterocycles. The van der Waals surface area contributed by atoms with Crippen LogP contribution in [-0.4, -0.2) is 51.4 Å². The van der Waals surface area contributed by atoms with Crippen molar-refractivity contribution < 1.29 is 18.3 Å². The molecule has 0 saturated carbocycles. The summed E-state index contributed by atoms with van der Waals surface area (Å²) in [5.41, 5.74) is 0.776. The van der Waals surface area contributed by atoms with Gasteiger partial charge in [-0.05, 0) is 13.8 Å². The largest absolute Gasteiger partial charge is 0.477 e. The Morgan fingerprint density at radius 3 is 2.93 bits per heavy atom. The number of carbonyl (C=O) groups is 1. The van der Waals surface area contributed by atoms with Crippen molar-refractivity contribution in [2.24, 2.45) is 5.92 Å². The van der Waals surface area contributed by atoms with Gasteiger partial charge in [-0.15, -0.1) is 11.3 Å². The SMILES string of the molecule is CC(=O)Nc1ncc(CN2CC(COc3cc(C)nc(C)n3)CC(F)(F)C2)s1. The second-order valence-electron chi connectivity index (χ2n) is 7.11. The van der Waals surface area contributed by atoms with Gasteiger partial charge in [-0.25, -0.2) is 18.7 Å². The first kappa shape index (κ1) is 20.5. The fourth-order valence-electron chi connectivity index (χ4n) is 3.31. The van der Waals surface area contributed by atoms with Crippen LogP contribution in [0.1, 0.15) is 29.7 Å². The molecular formula is C18H23F2N5O2S. The lowest BCUT2D eigenvalue weighted by atomic mass is 9.96. The van der Waals surface area contributed by atoms with Crippen LogP contribution in [0.4, 0.5) is 13.9 Å². The zero-order valence-electron chi connectivity index (χ0n) is 16.0. The van der Waals surface area contributed by atoms with Gasteiger partial charge in [0.25, 0.3) is 5.92 Å². The minimum atomic E-state index is -2.78. The summed E-state index contributed by atoms with van der Waals surface area (Å²) in [7, 11) is 0. The van der Waals surface area contributed by atoms with Crippen molar-refractivity contribution in [3.8, 4) is 5.88 Å². The van der Waals surface area contributed by atoms with Crippen LogP contribution in [0.15, 0.2) is 12.3 Å². The highest BCUT2D eigenvalue weighted by Gasteiger charge is 2.40. The number of thiazole rings is 1. The minimum absolute atomic E-state index is 0.168. The molecule has 2 aromatic heterocycles. The predicted molar refractivity (Wildman–Crippen MR) is 102 cm³/mol. The second-order valence-corrected chi connectivity index (χ2v) is 8.23. The summed E-state index contributed by atoms with van der Waals surface area (Å²) in [5, 5.41) is 3.08. The van der Waals surface area contributed by atoms with Crippen molar-refractivity contribution in [3.63, 3.8) is 0 Å². The number of nitrogens with one attached hydrogen (secondary N) is 1. The number of alkyl halides is 2. The number of nitrogens with zero attached hydrogens (tertiary/aromatic N) is 4. The van der Waals surface area contributed by atoms with Gasteiger partial charge in [-0.2, -0.15) is 4.98 Å². The van der Waals surface area contributed by atoms with E-state index >= 15 is 0 Å². The molecule has 0 bridgehead atoms. The highest BCUT2D eigenvalue weighted by atomic mass is 32.1. The van der Waals surface area contributed by atoms with Crippen molar-refractivity contribution in [1.82, 2.24) is 19.9 Å². The second kappa shape index (κ2) is 8.44. The Morgan fingerprint density at radius 2 is 2.21 bits per heavy atom. The average molecular weight is 411 g/mol. The van der Waals surface area contributed by atoms with Crippen LogP contribution in [0.3, 0.4) is 0 Å². The van der Waals surface area contributed by atoms with Crippen LogP contribution < -0.4 is 10.1 Å². The summed E-state index contributed by atoms with van der Waals surface area (Å²) in [5.74, 6) is -2.31. The van der Waals surface area contributed by atoms with Crippen molar-refractivity contribution in [1.29, 1.82) is 0 Å². The van der Waals surface area contributed by atoms with E-state index in [1.54, 1.807) is 24.1 Å². The van der Waals surface area contributed by atoms with Crippen LogP contribution >= 0.6 is 11.3 Å². The van der Waals surface area contributed by atoms with Crippen molar-refractivity contribution >= 4 is 22.4 Å². The summed E-state index contributed by atoms with van der Waals surface area (Å²) < 4.78 is 34.2. The maximum Gasteiger partial charge on any atom is 0.261 e. The van der Waals surface area contributed by atoms with Crippen LogP contribution in [0.5, 0.6) is 5.88 Å². The van der Waals surface area contributed by atoms with Crippen LogP contribution in [0.2, 0.25) is 0 Å². The van der Waals surface area contributed by atoms with E-state index in [0.717, 1.165) is 10.6 Å². The molecule has 1 N–H and O–H groups in total. The van der Waals surface area contributed by atoms with Gasteiger partial charge in [0.1, 0.15) is 5.82 Å². The summed E-state index contributed by atoms with van der Waals surface area (Å²) in [6, 6.07) is 1.70. The standard InChI is InChI=1S/C18H23F2N5O2S/c1-11-4-16(23-12(2)22-11)27-9-14-5-18(19,20)10-25(7-14)8-15-6-21-17(28-15)24-13(3)26/h4,6,14H,5,7-10H2,1-3H3,(H,21,24,26). The zero-order valence-corrected chi connectivity index (χ0v) is 16.9. The summed E-state index contributed by atoms with van der Waals surface area (Å²) in [6.07, 6.45) is 1.40. The molecule has 7 nitrogen and oxygen atoms in total. The van der Waals surface area contributed by atoms with Crippen molar-refractivity contribution in [3.05, 3.63) is 28.7 Å². The summed E-state index contributed by atoms with van der Waals surface area (Å²) in [4.78, 5) is 26.1. The molecule has 1 unspecified atom stereocenters. The average Bonchev–Trinajstić information content (AvgIpc) is 2.96. The fourth-order valence-corrected chi connectivity index (χ4v) is 4.21. The molecule has 1 amide bonds. The van der Waals surface area contributed by atoms with Gasteiger partial charge < -0.3 is 10.1 Å². The molecule has 3 rings (SSSR count). The number of hydrogen-bond donors (Lipinski definition) is 1. The van der Waals surface area contributed by atoms with Gasteiger partial charge >= 0.3 is 0 Å². The number of hydrogen-bond acceptors (Lipinski definition) is 7. The van der Waals surface area contributed by atoms with E-state index < -0.39 is 5.92 Å². The van der Waals surface area contributed by atoms with E-state index in [-0.39, 0.29) is 31.4 Å². The first-order valence-corrected chi connectivity index (χ1v) is 9.78. The lowest BCUT2D eigenvalue weighted by molar-refractivity contribution is -0.114. The van der Waals surface area contributed by atoms with E-state index in [2.05, 4.69) is 20.3 Å². The number of carbonyl (C=O) groups excluding carboxylic acids is 1. The number of rotatable bonds is 6.